The third kappa shape index (κ3) is 2.23. The molecule has 0 amide bonds. The van der Waals surface area contributed by atoms with Gasteiger partial charge in [0, 0.05) is 18.8 Å². The molecule has 0 bridgehead atoms. The zero-order valence-corrected chi connectivity index (χ0v) is 9.15. The zero-order chi connectivity index (χ0) is 10.7. The smallest absolute Gasteiger partial charge is 0.119 e. The molecule has 1 aliphatic heterocycles. The van der Waals surface area contributed by atoms with E-state index < -0.39 is 0 Å². The van der Waals surface area contributed by atoms with E-state index in [-0.39, 0.29) is 0 Å². The predicted molar refractivity (Wildman–Crippen MR) is 62.4 cm³/mol. The van der Waals surface area contributed by atoms with Crippen molar-refractivity contribution in [1.29, 1.82) is 0 Å². The van der Waals surface area contributed by atoms with Gasteiger partial charge < -0.3 is 15.4 Å². The summed E-state index contributed by atoms with van der Waals surface area (Å²) in [6, 6.07) is 8.23. The second-order valence-corrected chi connectivity index (χ2v) is 4.03. The summed E-state index contributed by atoms with van der Waals surface area (Å²) in [5.74, 6) is 1.57. The highest BCUT2D eigenvalue weighted by atomic mass is 16.5. The number of nitrogens with zero attached hydrogens (tertiary/aromatic N) is 1. The molecule has 1 fully saturated rings. The normalized spacial score (nSPS) is 20.7. The molecule has 0 spiro atoms. The van der Waals surface area contributed by atoms with Crippen molar-refractivity contribution < 1.29 is 4.74 Å². The molecule has 82 valence electrons. The Labute approximate surface area is 90.8 Å². The molecule has 0 unspecified atom stereocenters. The summed E-state index contributed by atoms with van der Waals surface area (Å²) in [5, 5.41) is 0. The van der Waals surface area contributed by atoms with Crippen LogP contribution in [0.2, 0.25) is 0 Å². The van der Waals surface area contributed by atoms with Crippen molar-refractivity contribution in [3.63, 3.8) is 0 Å². The van der Waals surface area contributed by atoms with Crippen molar-refractivity contribution in [2.45, 2.75) is 6.42 Å². The SMILES string of the molecule is COc1ccc(N2CC[C@H](CN)C2)cc1. The van der Waals surface area contributed by atoms with E-state index >= 15 is 0 Å². The summed E-state index contributed by atoms with van der Waals surface area (Å²) in [6.07, 6.45) is 1.21. The van der Waals surface area contributed by atoms with Crippen molar-refractivity contribution in [1.82, 2.24) is 0 Å². The minimum Gasteiger partial charge on any atom is -0.497 e. The highest BCUT2D eigenvalue weighted by molar-refractivity contribution is 5.49. The highest BCUT2D eigenvalue weighted by Gasteiger charge is 2.21. The van der Waals surface area contributed by atoms with Crippen LogP contribution in [-0.4, -0.2) is 26.7 Å². The van der Waals surface area contributed by atoms with Gasteiger partial charge in [-0.25, -0.2) is 0 Å². The van der Waals surface area contributed by atoms with Crippen LogP contribution in [0.5, 0.6) is 5.75 Å². The fourth-order valence-electron chi connectivity index (χ4n) is 2.05. The Balaban J connectivity index is 2.04. The maximum atomic E-state index is 5.67. The fraction of sp³-hybridized carbons (Fsp3) is 0.500. The van der Waals surface area contributed by atoms with Gasteiger partial charge in [-0.1, -0.05) is 0 Å². The van der Waals surface area contributed by atoms with Crippen LogP contribution in [0.3, 0.4) is 0 Å². The van der Waals surface area contributed by atoms with Crippen molar-refractivity contribution in [3.8, 4) is 5.75 Å². The van der Waals surface area contributed by atoms with Crippen LogP contribution >= 0.6 is 0 Å². The summed E-state index contributed by atoms with van der Waals surface area (Å²) >= 11 is 0. The molecule has 0 aliphatic carbocycles. The van der Waals surface area contributed by atoms with Gasteiger partial charge in [-0.3, -0.25) is 0 Å². The van der Waals surface area contributed by atoms with Crippen molar-refractivity contribution in [2.75, 3.05) is 31.6 Å². The summed E-state index contributed by atoms with van der Waals surface area (Å²) in [4.78, 5) is 2.39. The van der Waals surface area contributed by atoms with E-state index in [4.69, 9.17) is 10.5 Å². The van der Waals surface area contributed by atoms with Crippen molar-refractivity contribution in [3.05, 3.63) is 24.3 Å². The number of ether oxygens (including phenoxy) is 1. The first-order chi connectivity index (χ1) is 7.33. The Hall–Kier alpha value is -1.22. The Morgan fingerprint density at radius 3 is 2.67 bits per heavy atom. The molecule has 2 rings (SSSR count). The zero-order valence-electron chi connectivity index (χ0n) is 9.15. The van der Waals surface area contributed by atoms with Gasteiger partial charge in [-0.15, -0.1) is 0 Å². The van der Waals surface area contributed by atoms with Crippen LogP contribution in [0.15, 0.2) is 24.3 Å². The number of nitrogens with two attached hydrogens (primary N) is 1. The monoisotopic (exact) mass is 206 g/mol. The number of anilines is 1. The largest absolute Gasteiger partial charge is 0.497 e. The van der Waals surface area contributed by atoms with Gasteiger partial charge >= 0.3 is 0 Å². The molecule has 1 aliphatic rings. The van der Waals surface area contributed by atoms with Crippen molar-refractivity contribution >= 4 is 5.69 Å². The Morgan fingerprint density at radius 2 is 2.13 bits per heavy atom. The van der Waals surface area contributed by atoms with E-state index in [2.05, 4.69) is 17.0 Å². The minimum absolute atomic E-state index is 0.659. The minimum atomic E-state index is 0.659. The summed E-state index contributed by atoms with van der Waals surface area (Å²) in [5.41, 5.74) is 6.94. The molecule has 3 heteroatoms. The lowest BCUT2D eigenvalue weighted by Gasteiger charge is -2.18. The average Bonchev–Trinajstić information content (AvgIpc) is 2.78. The average molecular weight is 206 g/mol. The fourth-order valence-corrected chi connectivity index (χ4v) is 2.05. The molecule has 3 nitrogen and oxygen atoms in total. The number of hydrogen-bond donors (Lipinski definition) is 1. The molecule has 1 heterocycles. The summed E-state index contributed by atoms with van der Waals surface area (Å²) < 4.78 is 5.14. The van der Waals surface area contributed by atoms with Crippen molar-refractivity contribution in [2.24, 2.45) is 11.7 Å². The van der Waals surface area contributed by atoms with E-state index in [1.165, 1.54) is 12.1 Å². The van der Waals surface area contributed by atoms with E-state index in [0.29, 0.717) is 5.92 Å². The van der Waals surface area contributed by atoms with Gasteiger partial charge in [0.25, 0.3) is 0 Å². The topological polar surface area (TPSA) is 38.5 Å². The highest BCUT2D eigenvalue weighted by Crippen LogP contribution is 2.24. The number of methoxy groups -OCH3 is 1. The predicted octanol–water partition coefficient (Wildman–Crippen LogP) is 1.48. The van der Waals surface area contributed by atoms with E-state index in [9.17, 15) is 0 Å². The van der Waals surface area contributed by atoms with E-state index in [0.717, 1.165) is 25.4 Å². The maximum absolute atomic E-state index is 5.67. The number of benzene rings is 1. The van der Waals surface area contributed by atoms with E-state index in [1.807, 2.05) is 12.1 Å². The molecular formula is C12H18N2O. The van der Waals surface area contributed by atoms with Crippen LogP contribution < -0.4 is 15.4 Å². The first kappa shape index (κ1) is 10.3. The molecule has 15 heavy (non-hydrogen) atoms. The van der Waals surface area contributed by atoms with Gasteiger partial charge in [0.2, 0.25) is 0 Å². The quantitative estimate of drug-likeness (QED) is 0.814. The molecule has 0 radical (unpaired) electrons. The second-order valence-electron chi connectivity index (χ2n) is 4.03. The standard InChI is InChI=1S/C12H18N2O/c1-15-12-4-2-11(3-5-12)14-7-6-10(8-13)9-14/h2-5,10H,6-9,13H2,1H3/t10-/m1/s1. The third-order valence-corrected chi connectivity index (χ3v) is 3.06. The molecule has 0 aromatic heterocycles. The molecule has 1 saturated heterocycles. The Bertz CT molecular complexity index is 310. The van der Waals surface area contributed by atoms with Crippen LogP contribution in [0.4, 0.5) is 5.69 Å². The van der Waals surface area contributed by atoms with Crippen LogP contribution in [-0.2, 0) is 0 Å². The van der Waals surface area contributed by atoms with Gasteiger partial charge in [0.05, 0.1) is 7.11 Å². The molecule has 0 saturated carbocycles. The Morgan fingerprint density at radius 1 is 1.40 bits per heavy atom. The maximum Gasteiger partial charge on any atom is 0.119 e. The van der Waals surface area contributed by atoms with Crippen LogP contribution in [0, 0.1) is 5.92 Å². The van der Waals surface area contributed by atoms with Gasteiger partial charge in [-0.2, -0.15) is 0 Å². The van der Waals surface area contributed by atoms with Gasteiger partial charge in [0.15, 0.2) is 0 Å². The second kappa shape index (κ2) is 4.53. The number of hydrogen-bond acceptors (Lipinski definition) is 3. The van der Waals surface area contributed by atoms with Gasteiger partial charge in [0.1, 0.15) is 5.75 Å². The third-order valence-electron chi connectivity index (χ3n) is 3.06. The summed E-state index contributed by atoms with van der Waals surface area (Å²) in [6.45, 7) is 3.00. The number of rotatable bonds is 3. The lowest BCUT2D eigenvalue weighted by Crippen LogP contribution is -2.22. The summed E-state index contributed by atoms with van der Waals surface area (Å²) in [7, 11) is 1.69. The molecule has 1 aromatic carbocycles. The van der Waals surface area contributed by atoms with Crippen LogP contribution in [0.25, 0.3) is 0 Å². The lowest BCUT2D eigenvalue weighted by molar-refractivity contribution is 0.415. The lowest BCUT2D eigenvalue weighted by atomic mass is 10.1. The van der Waals surface area contributed by atoms with E-state index in [1.54, 1.807) is 7.11 Å². The van der Waals surface area contributed by atoms with Crippen LogP contribution in [0.1, 0.15) is 6.42 Å². The molecular weight excluding hydrogens is 188 g/mol. The van der Waals surface area contributed by atoms with Gasteiger partial charge in [-0.05, 0) is 43.1 Å². The Kier molecular flexibility index (Phi) is 3.11. The first-order valence-electron chi connectivity index (χ1n) is 5.42. The first-order valence-corrected chi connectivity index (χ1v) is 5.42. The molecule has 2 N–H and O–H groups in total. The molecule has 1 aromatic rings. The molecule has 1 atom stereocenters.